The van der Waals surface area contributed by atoms with Gasteiger partial charge in [0.05, 0.1) is 53.8 Å². The van der Waals surface area contributed by atoms with Crippen LogP contribution in [0.1, 0.15) is 92.9 Å². The molecule has 3 N–H and O–H groups in total. The summed E-state index contributed by atoms with van der Waals surface area (Å²) in [6.45, 7) is 11.1. The van der Waals surface area contributed by atoms with Crippen molar-refractivity contribution in [3.05, 3.63) is 0 Å². The zero-order valence-electron chi connectivity index (χ0n) is 32.3. The minimum Gasteiger partial charge on any atom is -0.481 e. The Bertz CT molecular complexity index is 1530. The van der Waals surface area contributed by atoms with Crippen LogP contribution in [-0.4, -0.2) is 81.7 Å². The van der Waals surface area contributed by atoms with Gasteiger partial charge >= 0.3 is 35.8 Å². The summed E-state index contributed by atoms with van der Waals surface area (Å²) in [5.41, 5.74) is -0.693. The number of fused-ring (bicyclic) bond motifs is 6. The number of carbonyl (C=O) groups is 6. The van der Waals surface area contributed by atoms with E-state index >= 15 is 0 Å². The predicted molar refractivity (Wildman–Crippen MR) is 188 cm³/mol. The maximum Gasteiger partial charge on any atom is 0.317 e. The normalized spacial score (nSPS) is 45.2. The lowest BCUT2D eigenvalue weighted by atomic mass is 9.55. The van der Waals surface area contributed by atoms with Crippen LogP contribution in [0.4, 0.5) is 0 Å². The summed E-state index contributed by atoms with van der Waals surface area (Å²) in [4.78, 5) is 78.1. The smallest absolute Gasteiger partial charge is 0.317 e. The van der Waals surface area contributed by atoms with E-state index < -0.39 is 77.0 Å². The van der Waals surface area contributed by atoms with Crippen LogP contribution < -0.4 is 0 Å². The number of hydrogen-bond donors (Lipinski definition) is 3. The van der Waals surface area contributed by atoms with E-state index in [1.165, 1.54) is 0 Å². The molecule has 0 amide bonds. The van der Waals surface area contributed by atoms with E-state index in [4.69, 9.17) is 18.9 Å². The molecule has 3 aliphatic heterocycles. The molecule has 19 atom stereocenters. The molecule has 7 rings (SSSR count). The second-order valence-electron chi connectivity index (χ2n) is 19.0. The maximum absolute atomic E-state index is 13.8. The average Bonchev–Trinajstić information content (AvgIpc) is 3.96. The van der Waals surface area contributed by atoms with Crippen LogP contribution in [0.15, 0.2) is 0 Å². The van der Waals surface area contributed by atoms with E-state index in [0.717, 1.165) is 19.3 Å². The molecule has 0 radical (unpaired) electrons. The van der Waals surface area contributed by atoms with Crippen molar-refractivity contribution in [2.75, 3.05) is 6.61 Å². The molecule has 4 aliphatic carbocycles. The number of aliphatic hydroxyl groups excluding tert-OH is 1. The molecule has 0 spiro atoms. The number of aliphatic hydroxyl groups is 1. The Balaban J connectivity index is 1.19. The van der Waals surface area contributed by atoms with Gasteiger partial charge in [-0.3, -0.25) is 28.8 Å². The molecular formula is C41H58O13. The number of carboxylic acids is 2. The Hall–Kier alpha value is -3.06. The Morgan fingerprint density at radius 3 is 2.06 bits per heavy atom. The molecular weight excluding hydrogens is 700 g/mol. The molecule has 3 saturated heterocycles. The first kappa shape index (κ1) is 39.2. The van der Waals surface area contributed by atoms with Crippen molar-refractivity contribution in [3.8, 4) is 0 Å². The monoisotopic (exact) mass is 758 g/mol. The highest BCUT2D eigenvalue weighted by molar-refractivity contribution is 5.96. The van der Waals surface area contributed by atoms with Gasteiger partial charge in [0.15, 0.2) is 0 Å². The molecule has 4 saturated carbocycles. The van der Waals surface area contributed by atoms with E-state index in [-0.39, 0.29) is 90.4 Å². The Morgan fingerprint density at radius 1 is 0.815 bits per heavy atom. The number of esters is 4. The van der Waals surface area contributed by atoms with Crippen molar-refractivity contribution >= 4 is 35.8 Å². The molecule has 13 nitrogen and oxygen atoms in total. The fraction of sp³-hybridized carbons (Fsp3) is 0.854. The lowest BCUT2D eigenvalue weighted by Crippen LogP contribution is -2.49. The first-order valence-corrected chi connectivity index (χ1v) is 20.4. The van der Waals surface area contributed by atoms with Crippen molar-refractivity contribution in [2.24, 2.45) is 94.7 Å². The van der Waals surface area contributed by atoms with Gasteiger partial charge < -0.3 is 34.3 Å². The zero-order chi connectivity index (χ0) is 39.1. The van der Waals surface area contributed by atoms with Crippen LogP contribution in [0, 0.1) is 94.7 Å². The third-order valence-corrected chi connectivity index (χ3v) is 15.3. The van der Waals surface area contributed by atoms with E-state index in [2.05, 4.69) is 6.92 Å². The summed E-state index contributed by atoms with van der Waals surface area (Å²) in [6.07, 6.45) is 3.57. The van der Waals surface area contributed by atoms with Crippen molar-refractivity contribution in [1.29, 1.82) is 0 Å². The molecule has 0 aromatic carbocycles. The molecule has 19 unspecified atom stereocenters. The summed E-state index contributed by atoms with van der Waals surface area (Å²) >= 11 is 0. The van der Waals surface area contributed by atoms with Gasteiger partial charge in [0.2, 0.25) is 0 Å². The topological polar surface area (TPSA) is 200 Å². The second kappa shape index (κ2) is 14.5. The fourth-order valence-electron chi connectivity index (χ4n) is 13.0. The lowest BCUT2D eigenvalue weighted by molar-refractivity contribution is -0.166. The van der Waals surface area contributed by atoms with Gasteiger partial charge in [0, 0.05) is 0 Å². The van der Waals surface area contributed by atoms with E-state index in [0.29, 0.717) is 25.7 Å². The van der Waals surface area contributed by atoms with Crippen molar-refractivity contribution in [2.45, 2.75) is 117 Å². The highest BCUT2D eigenvalue weighted by Crippen LogP contribution is 2.69. The molecule has 0 aromatic heterocycles. The summed E-state index contributed by atoms with van der Waals surface area (Å²) in [6, 6.07) is 0. The van der Waals surface area contributed by atoms with Crippen LogP contribution in [0.5, 0.6) is 0 Å². The molecule has 0 aromatic rings. The van der Waals surface area contributed by atoms with Gasteiger partial charge in [-0.1, -0.05) is 20.8 Å². The van der Waals surface area contributed by atoms with Crippen LogP contribution in [0.3, 0.4) is 0 Å². The molecule has 6 bridgehead atoms. The SMILES string of the molecule is CCC(O)COC(=O)C1CC2OC1C(CCC1C3CC(C(=O)OC(C)(C)C)C(C3)C1C1C(CC3C(=O)OC(=O)C3C)C3CC1C(C(=O)O)C3C(=O)O)C2C. The van der Waals surface area contributed by atoms with Crippen LogP contribution in [0.2, 0.25) is 0 Å². The van der Waals surface area contributed by atoms with E-state index in [9.17, 15) is 44.1 Å². The van der Waals surface area contributed by atoms with Crippen molar-refractivity contribution < 1.29 is 63.0 Å². The van der Waals surface area contributed by atoms with E-state index in [1.807, 2.05) is 27.7 Å². The lowest BCUT2D eigenvalue weighted by Gasteiger charge is -2.48. The minimum absolute atomic E-state index is 0.0502. The highest BCUT2D eigenvalue weighted by Gasteiger charge is 2.69. The first-order valence-electron chi connectivity index (χ1n) is 20.4. The van der Waals surface area contributed by atoms with Crippen LogP contribution >= 0.6 is 0 Å². The summed E-state index contributed by atoms with van der Waals surface area (Å²) in [5.74, 6) is -9.79. The number of carboxylic acid groups (broad SMARTS) is 2. The molecule has 7 aliphatic rings. The van der Waals surface area contributed by atoms with E-state index in [1.54, 1.807) is 6.92 Å². The molecule has 3 heterocycles. The number of rotatable bonds is 13. The third kappa shape index (κ3) is 6.66. The number of carbonyl (C=O) groups excluding carboxylic acids is 4. The molecule has 54 heavy (non-hydrogen) atoms. The van der Waals surface area contributed by atoms with Crippen molar-refractivity contribution in [1.82, 2.24) is 0 Å². The summed E-state index contributed by atoms with van der Waals surface area (Å²) in [7, 11) is 0. The van der Waals surface area contributed by atoms with Gasteiger partial charge in [0.1, 0.15) is 12.2 Å². The standard InChI is InChI=1S/C41H58O13/c1-7-19(42)15-51-38(48)28-14-29-16(2)20(34(28)52-29)8-9-21-18-10-23(26(11-18)40(50)54-41(4,5)6)30(21)31-24(12-22-17(3)37(47)53-39(22)49)25-13-27(31)33(36(45)46)32(25)35(43)44/h16-34,42H,7-15H2,1-6H3,(H,43,44)(H,45,46). The summed E-state index contributed by atoms with van der Waals surface area (Å²) in [5, 5.41) is 30.9. The second-order valence-corrected chi connectivity index (χ2v) is 19.0. The Morgan fingerprint density at radius 2 is 1.46 bits per heavy atom. The summed E-state index contributed by atoms with van der Waals surface area (Å²) < 4.78 is 22.8. The van der Waals surface area contributed by atoms with Gasteiger partial charge in [0.25, 0.3) is 0 Å². The zero-order valence-corrected chi connectivity index (χ0v) is 32.3. The Labute approximate surface area is 316 Å². The predicted octanol–water partition coefficient (Wildman–Crippen LogP) is 4.36. The number of ether oxygens (including phenoxy) is 4. The highest BCUT2D eigenvalue weighted by atomic mass is 16.6. The number of hydrogen-bond acceptors (Lipinski definition) is 11. The third-order valence-electron chi connectivity index (χ3n) is 15.3. The fourth-order valence-corrected chi connectivity index (χ4v) is 13.0. The van der Waals surface area contributed by atoms with Crippen molar-refractivity contribution in [3.63, 3.8) is 0 Å². The Kier molecular flexibility index (Phi) is 10.5. The number of aliphatic carboxylic acids is 2. The van der Waals surface area contributed by atoms with Crippen LogP contribution in [-0.2, 0) is 47.7 Å². The number of cyclic esters (lactones) is 2. The van der Waals surface area contributed by atoms with Crippen LogP contribution in [0.25, 0.3) is 0 Å². The van der Waals surface area contributed by atoms with Gasteiger partial charge in [-0.25, -0.2) is 0 Å². The van der Waals surface area contributed by atoms with Gasteiger partial charge in [-0.15, -0.1) is 0 Å². The maximum atomic E-state index is 13.8. The van der Waals surface area contributed by atoms with Gasteiger partial charge in [-0.2, -0.15) is 0 Å². The van der Waals surface area contributed by atoms with Gasteiger partial charge in [-0.05, 0) is 131 Å². The molecule has 7 fully saturated rings. The minimum atomic E-state index is -1.16. The molecule has 300 valence electrons. The quantitative estimate of drug-likeness (QED) is 0.136. The average molecular weight is 759 g/mol. The molecule has 13 heteroatoms. The first-order chi connectivity index (χ1) is 25.4. The largest absolute Gasteiger partial charge is 0.481 e.